The van der Waals surface area contributed by atoms with E-state index in [0.717, 1.165) is 42.7 Å². The highest BCUT2D eigenvalue weighted by Crippen LogP contribution is 2.55. The number of nitrogens with zero attached hydrogens (tertiary/aromatic N) is 2. The number of fused-ring (bicyclic) bond motifs is 3. The third-order valence-electron chi connectivity index (χ3n) is 8.24. The first-order valence-electron chi connectivity index (χ1n) is 13.9. The smallest absolute Gasteiger partial charge is 0.310 e. The van der Waals surface area contributed by atoms with Gasteiger partial charge in [-0.1, -0.05) is 0 Å². The molecule has 2 aromatic carbocycles. The lowest BCUT2D eigenvalue weighted by Gasteiger charge is -2.39. The molecule has 0 aromatic heterocycles. The summed E-state index contributed by atoms with van der Waals surface area (Å²) in [5, 5.41) is 13.8. The van der Waals surface area contributed by atoms with E-state index in [1.165, 1.54) is 14.2 Å². The standard InChI is InChI=1S/C30H39N3O8/c1-32(2)9-10-33(3)8-6-7-25(34)31-28-19-14-22-21(40-16-41-22)13-18(19)26(27-20(28)15-39-30(27)36)17-11-23(37-4)29(35)24(12-17)38-5/h11-14,20,26-28,35H,6-10,15-16H2,1-5H3,(H,31,34)/t20?,26?,27-,28+/m0/s1. The number of hydrogen-bond acceptors (Lipinski definition) is 10. The molecule has 0 bridgehead atoms. The summed E-state index contributed by atoms with van der Waals surface area (Å²) in [6, 6.07) is 6.76. The molecule has 11 nitrogen and oxygen atoms in total. The van der Waals surface area contributed by atoms with Crippen molar-refractivity contribution in [1.29, 1.82) is 0 Å². The second-order valence-corrected chi connectivity index (χ2v) is 11.2. The van der Waals surface area contributed by atoms with Crippen LogP contribution in [0.3, 0.4) is 0 Å². The zero-order valence-corrected chi connectivity index (χ0v) is 24.3. The molecule has 4 atom stereocenters. The third-order valence-corrected chi connectivity index (χ3v) is 8.24. The van der Waals surface area contributed by atoms with Crippen molar-refractivity contribution in [3.63, 3.8) is 0 Å². The third kappa shape index (κ3) is 5.73. The van der Waals surface area contributed by atoms with Gasteiger partial charge < -0.3 is 43.9 Å². The SMILES string of the molecule is COc1cc(C2c3cc4c(cc3[C@@H](NC(=O)CCCN(C)CCN(C)C)C3COC(=O)[C@H]23)OCO4)cc(OC)c1O. The topological polar surface area (TPSA) is 119 Å². The van der Waals surface area contributed by atoms with Gasteiger partial charge in [0.1, 0.15) is 0 Å². The van der Waals surface area contributed by atoms with E-state index in [-0.39, 0.29) is 48.4 Å². The first kappa shape index (κ1) is 28.8. The predicted molar refractivity (Wildman–Crippen MR) is 150 cm³/mol. The Bertz CT molecular complexity index is 1270. The second-order valence-electron chi connectivity index (χ2n) is 11.2. The Morgan fingerprint density at radius 3 is 2.27 bits per heavy atom. The summed E-state index contributed by atoms with van der Waals surface area (Å²) < 4.78 is 27.9. The maximum atomic E-state index is 13.3. The molecular formula is C30H39N3O8. The molecule has 5 rings (SSSR count). The van der Waals surface area contributed by atoms with Crippen molar-refractivity contribution in [2.24, 2.45) is 11.8 Å². The maximum absolute atomic E-state index is 13.3. The minimum absolute atomic E-state index is 0.0795. The van der Waals surface area contributed by atoms with E-state index >= 15 is 0 Å². The molecule has 1 saturated heterocycles. The highest BCUT2D eigenvalue weighted by atomic mass is 16.7. The number of esters is 1. The monoisotopic (exact) mass is 569 g/mol. The Morgan fingerprint density at radius 2 is 1.63 bits per heavy atom. The van der Waals surface area contributed by atoms with Gasteiger partial charge in [-0.3, -0.25) is 9.59 Å². The molecular weight excluding hydrogens is 530 g/mol. The number of benzene rings is 2. The fourth-order valence-electron chi connectivity index (χ4n) is 6.08. The van der Waals surface area contributed by atoms with Gasteiger partial charge in [-0.2, -0.15) is 0 Å². The minimum atomic E-state index is -0.579. The number of ether oxygens (including phenoxy) is 5. The average Bonchev–Trinajstić information content (AvgIpc) is 3.57. The van der Waals surface area contributed by atoms with Crippen molar-refractivity contribution in [3.05, 3.63) is 41.0 Å². The molecule has 2 heterocycles. The number of carbonyl (C=O) groups excluding carboxylic acids is 2. The Labute approximate surface area is 240 Å². The van der Waals surface area contributed by atoms with Crippen molar-refractivity contribution in [2.45, 2.75) is 24.8 Å². The number of amides is 1. The van der Waals surface area contributed by atoms with Crippen molar-refractivity contribution in [3.8, 4) is 28.7 Å². The first-order valence-corrected chi connectivity index (χ1v) is 13.9. The molecule has 1 amide bonds. The van der Waals surface area contributed by atoms with Crippen LogP contribution in [-0.4, -0.2) is 95.2 Å². The Hall–Kier alpha value is -3.70. The lowest BCUT2D eigenvalue weighted by Crippen LogP contribution is -2.43. The van der Waals surface area contributed by atoms with Crippen LogP contribution in [0.2, 0.25) is 0 Å². The maximum Gasteiger partial charge on any atom is 0.310 e. The fraction of sp³-hybridized carbons (Fsp3) is 0.533. The van der Waals surface area contributed by atoms with E-state index in [4.69, 9.17) is 23.7 Å². The van der Waals surface area contributed by atoms with Gasteiger partial charge in [0, 0.05) is 31.3 Å². The molecule has 1 fully saturated rings. The number of methoxy groups -OCH3 is 2. The molecule has 2 aliphatic heterocycles. The summed E-state index contributed by atoms with van der Waals surface area (Å²) in [6.07, 6.45) is 1.08. The van der Waals surface area contributed by atoms with E-state index in [1.54, 1.807) is 12.1 Å². The fourth-order valence-corrected chi connectivity index (χ4v) is 6.08. The normalized spacial score (nSPS) is 22.4. The summed E-state index contributed by atoms with van der Waals surface area (Å²) >= 11 is 0. The van der Waals surface area contributed by atoms with Crippen LogP contribution in [-0.2, 0) is 14.3 Å². The summed E-state index contributed by atoms with van der Waals surface area (Å²) in [4.78, 5) is 30.9. The molecule has 2 aromatic rings. The van der Waals surface area contributed by atoms with E-state index in [9.17, 15) is 14.7 Å². The summed E-state index contributed by atoms with van der Waals surface area (Å²) in [7, 11) is 9.06. The second kappa shape index (κ2) is 12.0. The van der Waals surface area contributed by atoms with Crippen molar-refractivity contribution >= 4 is 11.9 Å². The van der Waals surface area contributed by atoms with Crippen LogP contribution in [0.25, 0.3) is 0 Å². The Balaban J connectivity index is 1.47. The van der Waals surface area contributed by atoms with Crippen LogP contribution in [0.15, 0.2) is 24.3 Å². The zero-order valence-electron chi connectivity index (χ0n) is 24.3. The van der Waals surface area contributed by atoms with Crippen LogP contribution < -0.4 is 24.3 Å². The largest absolute Gasteiger partial charge is 0.502 e. The molecule has 41 heavy (non-hydrogen) atoms. The molecule has 0 spiro atoms. The first-order chi connectivity index (χ1) is 19.7. The molecule has 3 aliphatic rings. The van der Waals surface area contributed by atoms with Crippen LogP contribution in [0, 0.1) is 11.8 Å². The molecule has 11 heteroatoms. The van der Waals surface area contributed by atoms with Gasteiger partial charge in [0.25, 0.3) is 0 Å². The van der Waals surface area contributed by atoms with Crippen LogP contribution in [0.5, 0.6) is 28.7 Å². The number of aromatic hydroxyl groups is 1. The molecule has 0 radical (unpaired) electrons. The van der Waals surface area contributed by atoms with Gasteiger partial charge in [-0.05, 0) is 75.1 Å². The van der Waals surface area contributed by atoms with Crippen molar-refractivity contribution < 1.29 is 38.4 Å². The Kier molecular flexibility index (Phi) is 8.46. The van der Waals surface area contributed by atoms with Crippen molar-refractivity contribution in [1.82, 2.24) is 15.1 Å². The molecule has 222 valence electrons. The highest BCUT2D eigenvalue weighted by molar-refractivity contribution is 5.81. The minimum Gasteiger partial charge on any atom is -0.502 e. The van der Waals surface area contributed by atoms with Crippen LogP contribution >= 0.6 is 0 Å². The number of phenols is 1. The van der Waals surface area contributed by atoms with Gasteiger partial charge in [-0.15, -0.1) is 0 Å². The van der Waals surface area contributed by atoms with Gasteiger partial charge in [0.15, 0.2) is 23.0 Å². The highest BCUT2D eigenvalue weighted by Gasteiger charge is 2.53. The van der Waals surface area contributed by atoms with Crippen LogP contribution in [0.4, 0.5) is 0 Å². The van der Waals surface area contributed by atoms with Gasteiger partial charge in [-0.25, -0.2) is 0 Å². The summed E-state index contributed by atoms with van der Waals surface area (Å²) in [5.74, 6) is -0.255. The van der Waals surface area contributed by atoms with Crippen molar-refractivity contribution in [2.75, 3.05) is 68.4 Å². The van der Waals surface area contributed by atoms with E-state index in [1.807, 2.05) is 26.2 Å². The lowest BCUT2D eigenvalue weighted by atomic mass is 9.65. The van der Waals surface area contributed by atoms with Crippen LogP contribution in [0.1, 0.15) is 41.5 Å². The van der Waals surface area contributed by atoms with E-state index < -0.39 is 17.9 Å². The van der Waals surface area contributed by atoms with Gasteiger partial charge in [0.05, 0.1) is 32.8 Å². The predicted octanol–water partition coefficient (Wildman–Crippen LogP) is 2.50. The van der Waals surface area contributed by atoms with E-state index in [2.05, 4.69) is 22.2 Å². The number of cyclic esters (lactones) is 1. The number of hydrogen-bond donors (Lipinski definition) is 2. The number of nitrogens with one attached hydrogen (secondary N) is 1. The number of phenolic OH excluding ortho intramolecular Hbond substituents is 1. The van der Waals surface area contributed by atoms with Gasteiger partial charge >= 0.3 is 5.97 Å². The quantitative estimate of drug-likeness (QED) is 0.391. The average molecular weight is 570 g/mol. The zero-order chi connectivity index (χ0) is 29.3. The van der Waals surface area contributed by atoms with E-state index in [0.29, 0.717) is 17.9 Å². The number of likely N-dealkylation sites (N-methyl/N-ethyl adjacent to an activating group) is 2. The molecule has 0 saturated carbocycles. The lowest BCUT2D eigenvalue weighted by molar-refractivity contribution is -0.141. The summed E-state index contributed by atoms with van der Waals surface area (Å²) in [5.41, 5.74) is 2.38. The molecule has 2 N–H and O–H groups in total. The van der Waals surface area contributed by atoms with Gasteiger partial charge in [0.2, 0.25) is 18.4 Å². The number of carbonyl (C=O) groups is 2. The molecule has 1 aliphatic carbocycles. The summed E-state index contributed by atoms with van der Waals surface area (Å²) in [6.45, 7) is 2.96. The Morgan fingerprint density at radius 1 is 0.976 bits per heavy atom. The number of rotatable bonds is 11. The molecule has 2 unspecified atom stereocenters.